The number of nitrogens with zero attached hydrogens (tertiary/aromatic N) is 2. The summed E-state index contributed by atoms with van der Waals surface area (Å²) < 4.78 is 0. The second-order valence-corrected chi connectivity index (χ2v) is 5.27. The van der Waals surface area contributed by atoms with Gasteiger partial charge in [-0.05, 0) is 25.0 Å². The van der Waals surface area contributed by atoms with Gasteiger partial charge in [-0.15, -0.1) is 0 Å². The van der Waals surface area contributed by atoms with Crippen LogP contribution in [0.4, 0.5) is 5.69 Å². The summed E-state index contributed by atoms with van der Waals surface area (Å²) in [5, 5.41) is 0. The van der Waals surface area contributed by atoms with E-state index in [1.165, 1.54) is 0 Å². The number of anilines is 1. The van der Waals surface area contributed by atoms with Crippen LogP contribution in [0.25, 0.3) is 0 Å². The Bertz CT molecular complexity index is 480. The van der Waals surface area contributed by atoms with Crippen LogP contribution in [0.1, 0.15) is 19.3 Å². The first kappa shape index (κ1) is 12.2. The quantitative estimate of drug-likeness (QED) is 0.809. The Balaban J connectivity index is 1.71. The fourth-order valence-electron chi connectivity index (χ4n) is 2.93. The number of amides is 2. The van der Waals surface area contributed by atoms with Crippen molar-refractivity contribution in [1.29, 1.82) is 0 Å². The van der Waals surface area contributed by atoms with Gasteiger partial charge in [0.1, 0.15) is 0 Å². The maximum Gasteiger partial charge on any atom is 0.228 e. The van der Waals surface area contributed by atoms with Crippen molar-refractivity contribution >= 4 is 17.5 Å². The number of para-hydroxylation sites is 1. The summed E-state index contributed by atoms with van der Waals surface area (Å²) in [6.07, 6.45) is 2.54. The first-order chi connectivity index (χ1) is 9.25. The zero-order valence-corrected chi connectivity index (χ0v) is 10.9. The highest BCUT2D eigenvalue weighted by Crippen LogP contribution is 2.26. The summed E-state index contributed by atoms with van der Waals surface area (Å²) in [4.78, 5) is 28.0. The summed E-state index contributed by atoms with van der Waals surface area (Å²) >= 11 is 0. The minimum Gasteiger partial charge on any atom is -0.342 e. The molecule has 0 aromatic heterocycles. The molecule has 2 aliphatic rings. The number of hydrogen-bond acceptors (Lipinski definition) is 2. The Labute approximate surface area is 113 Å². The monoisotopic (exact) mass is 258 g/mol. The lowest BCUT2D eigenvalue weighted by atomic mass is 10.1. The van der Waals surface area contributed by atoms with E-state index in [4.69, 9.17) is 0 Å². The zero-order valence-electron chi connectivity index (χ0n) is 10.9. The maximum absolute atomic E-state index is 12.3. The predicted octanol–water partition coefficient (Wildman–Crippen LogP) is 1.66. The van der Waals surface area contributed by atoms with Crippen molar-refractivity contribution in [3.63, 3.8) is 0 Å². The molecular weight excluding hydrogens is 240 g/mol. The van der Waals surface area contributed by atoms with Crippen molar-refractivity contribution in [3.8, 4) is 0 Å². The maximum atomic E-state index is 12.3. The van der Waals surface area contributed by atoms with Crippen LogP contribution in [0.15, 0.2) is 30.3 Å². The third kappa shape index (κ3) is 2.35. The van der Waals surface area contributed by atoms with Gasteiger partial charge in [-0.3, -0.25) is 9.59 Å². The van der Waals surface area contributed by atoms with Crippen LogP contribution in [-0.4, -0.2) is 36.3 Å². The van der Waals surface area contributed by atoms with Gasteiger partial charge in [0.2, 0.25) is 11.8 Å². The Hall–Kier alpha value is -1.84. The van der Waals surface area contributed by atoms with Crippen LogP contribution < -0.4 is 4.90 Å². The number of carbonyl (C=O) groups excluding carboxylic acids is 2. The predicted molar refractivity (Wildman–Crippen MR) is 72.7 cm³/mol. The van der Waals surface area contributed by atoms with Crippen molar-refractivity contribution in [2.75, 3.05) is 24.5 Å². The number of likely N-dealkylation sites (tertiary alicyclic amines) is 1. The third-order valence-corrected chi connectivity index (χ3v) is 3.96. The van der Waals surface area contributed by atoms with Gasteiger partial charge in [0, 0.05) is 31.7 Å². The molecule has 2 heterocycles. The minimum absolute atomic E-state index is 0.0590. The Kier molecular flexibility index (Phi) is 3.23. The molecule has 0 saturated carbocycles. The number of hydrogen-bond donors (Lipinski definition) is 0. The Morgan fingerprint density at radius 3 is 2.47 bits per heavy atom. The van der Waals surface area contributed by atoms with Crippen LogP contribution in [0, 0.1) is 5.92 Å². The molecule has 100 valence electrons. The molecule has 3 rings (SSSR count). The molecule has 1 atom stereocenters. The van der Waals surface area contributed by atoms with Crippen LogP contribution in [-0.2, 0) is 9.59 Å². The highest BCUT2D eigenvalue weighted by Gasteiger charge is 2.37. The standard InChI is InChI=1S/C15H18N2O2/c18-14-10-12(15(19)16-8-4-5-9-16)11-17(14)13-6-2-1-3-7-13/h1-3,6-7,12H,4-5,8-11H2/t12-/m0/s1. The molecule has 2 fully saturated rings. The lowest BCUT2D eigenvalue weighted by molar-refractivity contribution is -0.134. The second kappa shape index (κ2) is 5.03. The fourth-order valence-corrected chi connectivity index (χ4v) is 2.93. The largest absolute Gasteiger partial charge is 0.342 e. The minimum atomic E-state index is -0.161. The lowest BCUT2D eigenvalue weighted by Crippen LogP contribution is -2.35. The second-order valence-electron chi connectivity index (χ2n) is 5.27. The van der Waals surface area contributed by atoms with Crippen LogP contribution in [0.2, 0.25) is 0 Å². The van der Waals surface area contributed by atoms with Crippen LogP contribution in [0.3, 0.4) is 0 Å². The van der Waals surface area contributed by atoms with Gasteiger partial charge in [-0.25, -0.2) is 0 Å². The molecule has 0 unspecified atom stereocenters. The normalized spacial score (nSPS) is 23.2. The molecule has 1 aromatic rings. The van der Waals surface area contributed by atoms with E-state index in [9.17, 15) is 9.59 Å². The summed E-state index contributed by atoms with van der Waals surface area (Å²) in [5.74, 6) is 0.0545. The van der Waals surface area contributed by atoms with E-state index in [0.717, 1.165) is 31.6 Å². The molecule has 0 bridgehead atoms. The van der Waals surface area contributed by atoms with Crippen LogP contribution >= 0.6 is 0 Å². The van der Waals surface area contributed by atoms with Gasteiger partial charge in [-0.1, -0.05) is 18.2 Å². The van der Waals surface area contributed by atoms with Gasteiger partial charge >= 0.3 is 0 Å². The molecule has 0 radical (unpaired) electrons. The van der Waals surface area contributed by atoms with Gasteiger partial charge in [0.25, 0.3) is 0 Å². The molecule has 4 nitrogen and oxygen atoms in total. The van der Waals surface area contributed by atoms with Crippen molar-refractivity contribution < 1.29 is 9.59 Å². The van der Waals surface area contributed by atoms with Crippen molar-refractivity contribution in [3.05, 3.63) is 30.3 Å². The first-order valence-corrected chi connectivity index (χ1v) is 6.90. The summed E-state index contributed by atoms with van der Waals surface area (Å²) in [6.45, 7) is 2.24. The topological polar surface area (TPSA) is 40.6 Å². The van der Waals surface area contributed by atoms with E-state index in [1.54, 1.807) is 4.90 Å². The molecule has 2 saturated heterocycles. The van der Waals surface area contributed by atoms with E-state index in [0.29, 0.717) is 13.0 Å². The highest BCUT2D eigenvalue weighted by atomic mass is 16.2. The Morgan fingerprint density at radius 1 is 1.11 bits per heavy atom. The van der Waals surface area contributed by atoms with Crippen molar-refractivity contribution in [1.82, 2.24) is 4.90 Å². The molecule has 0 N–H and O–H groups in total. The van der Waals surface area contributed by atoms with E-state index >= 15 is 0 Å². The summed E-state index contributed by atoms with van der Waals surface area (Å²) in [7, 11) is 0. The van der Waals surface area contributed by atoms with E-state index < -0.39 is 0 Å². The summed E-state index contributed by atoms with van der Waals surface area (Å²) in [6, 6.07) is 9.59. The fraction of sp³-hybridized carbons (Fsp3) is 0.467. The average Bonchev–Trinajstić information content (AvgIpc) is 3.08. The first-order valence-electron chi connectivity index (χ1n) is 6.90. The molecule has 2 aliphatic heterocycles. The number of rotatable bonds is 2. The molecule has 2 amide bonds. The molecular formula is C15H18N2O2. The van der Waals surface area contributed by atoms with E-state index in [2.05, 4.69) is 0 Å². The Morgan fingerprint density at radius 2 is 1.79 bits per heavy atom. The van der Waals surface area contributed by atoms with E-state index in [-0.39, 0.29) is 17.7 Å². The van der Waals surface area contributed by atoms with Gasteiger partial charge in [0.15, 0.2) is 0 Å². The molecule has 0 aliphatic carbocycles. The molecule has 1 aromatic carbocycles. The lowest BCUT2D eigenvalue weighted by Gasteiger charge is -2.20. The van der Waals surface area contributed by atoms with Gasteiger partial charge in [-0.2, -0.15) is 0 Å². The summed E-state index contributed by atoms with van der Waals surface area (Å²) in [5.41, 5.74) is 0.893. The smallest absolute Gasteiger partial charge is 0.228 e. The van der Waals surface area contributed by atoms with Crippen molar-refractivity contribution in [2.24, 2.45) is 5.92 Å². The molecule has 0 spiro atoms. The SMILES string of the molecule is O=C([C@H]1CC(=O)N(c2ccccc2)C1)N1CCCC1. The van der Waals surface area contributed by atoms with Gasteiger partial charge < -0.3 is 9.80 Å². The molecule has 4 heteroatoms. The highest BCUT2D eigenvalue weighted by molar-refractivity contribution is 6.00. The third-order valence-electron chi connectivity index (χ3n) is 3.96. The van der Waals surface area contributed by atoms with E-state index in [1.807, 2.05) is 35.2 Å². The zero-order chi connectivity index (χ0) is 13.2. The average molecular weight is 258 g/mol. The van der Waals surface area contributed by atoms with Crippen molar-refractivity contribution in [2.45, 2.75) is 19.3 Å². The van der Waals surface area contributed by atoms with Gasteiger partial charge in [0.05, 0.1) is 5.92 Å². The molecule has 19 heavy (non-hydrogen) atoms. The number of benzene rings is 1. The van der Waals surface area contributed by atoms with Crippen LogP contribution in [0.5, 0.6) is 0 Å². The number of carbonyl (C=O) groups is 2.